The molecule has 4 nitrogen and oxygen atoms in total. The molecule has 0 saturated carbocycles. The van der Waals surface area contributed by atoms with E-state index in [9.17, 15) is 0 Å². The van der Waals surface area contributed by atoms with Gasteiger partial charge in [-0.25, -0.2) is 15.0 Å². The van der Waals surface area contributed by atoms with E-state index in [1.807, 2.05) is 0 Å². The molecule has 0 bridgehead atoms. The Hall–Kier alpha value is -4.90. The van der Waals surface area contributed by atoms with E-state index in [0.717, 1.165) is 0 Å². The van der Waals surface area contributed by atoms with E-state index in [4.69, 9.17) is 231 Å². The summed E-state index contributed by atoms with van der Waals surface area (Å²) in [7, 11) is 180. The maximum atomic E-state index is 7.03. The smallest absolute Gasteiger partial charge is 0.164 e. The van der Waals surface area contributed by atoms with Crippen LogP contribution in [0.25, 0.3) is 99.5 Å². The largest absolute Gasteiger partial charge is 0.457 e. The fourth-order valence-corrected chi connectivity index (χ4v) is 10.0. The third kappa shape index (κ3) is 7.19. The molecule has 0 saturated heterocycles. The molecule has 10 aromatic rings. The van der Waals surface area contributed by atoms with Gasteiger partial charge in [0.25, 0.3) is 0 Å². The van der Waals surface area contributed by atoms with Crippen molar-refractivity contribution in [2.75, 3.05) is 0 Å². The zero-order valence-corrected chi connectivity index (χ0v) is 39.8. The fourth-order valence-electron chi connectivity index (χ4n) is 10.0. The first kappa shape index (κ1) is 54.5. The zero-order chi connectivity index (χ0) is 55.8. The average molecular weight is 890 g/mol. The molecule has 2 aromatic heterocycles. The Morgan fingerprint density at radius 2 is 0.368 bits per heavy atom. The minimum absolute atomic E-state index is 0.0299. The van der Waals surface area contributed by atoms with Gasteiger partial charge < -0.3 is 4.42 Å². The first-order valence-corrected chi connectivity index (χ1v) is 22.0. The Morgan fingerprint density at radius 1 is 0.158 bits per heavy atom. The van der Waals surface area contributed by atoms with Crippen LogP contribution in [0.5, 0.6) is 0 Å². The van der Waals surface area contributed by atoms with Gasteiger partial charge in [0.2, 0.25) is 0 Å². The highest BCUT2D eigenvalue weighted by Gasteiger charge is 2.30. The highest BCUT2D eigenvalue weighted by atomic mass is 16.3. The molecular weight excluding hydrogens is 890 g/mol. The molecule has 76 heavy (non-hydrogen) atoms. The Bertz CT molecular complexity index is 4410. The number of fused-ring (bicyclic) bond motifs is 7. The van der Waals surface area contributed by atoms with Crippen LogP contribution in [0, 0.1) is 0 Å². The average Bonchev–Trinajstić information content (AvgIpc) is 3.83. The second-order valence-corrected chi connectivity index (χ2v) is 18.1. The number of hydrogen-bond donors (Lipinski definition) is 0. The van der Waals surface area contributed by atoms with Crippen LogP contribution in [0.15, 0.2) is 4.42 Å². The number of nitrogens with zero attached hydrogens (tertiary/aromatic N) is 3. The SMILES string of the molecule is [B]c1c([B])c([B])c(-c2nc(-c3c([B])c([B])c([B])c4c(-c5c([B])c([B])c([B])c6c5c([B])c([B])c5c([B])c([B])c([B])c([B])c56)c([B])c([B])c([B])c34)nc(-c3c([B])c([B])c([B])c4oc5c([B])c([B])c([B])c([B])c5c34)n2)c([B])c1[B]. The van der Waals surface area contributed by atoms with E-state index < -0.39 is 0 Å². The minimum atomic E-state index is -0.364. The first-order chi connectivity index (χ1) is 35.5. The third-order valence-corrected chi connectivity index (χ3v) is 14.2. The Balaban J connectivity index is 1.45. The van der Waals surface area contributed by atoms with Gasteiger partial charge >= 0.3 is 0 Å². The molecule has 0 fully saturated rings. The summed E-state index contributed by atoms with van der Waals surface area (Å²) < 4.78 is 6.24. The standard InChI is InChI=1S/C45B27N3O/c46-14-1-2(15(47)28(60)17(49)4(1)6-9(21(14)53)22(54)32(64)31(63)19(6)51)3-5-7(20(52)29(61)16(3)48)11(24(56)30(62)18(5)50)43-73-44(75-45(74-43)13-26(58)34(66)37(69)35(67)27(13)59)12-8-10-23(55)33(65)38(70)40(72)42(10)76-41(8)39(71)36(68)25(12)57. The van der Waals surface area contributed by atoms with Crippen LogP contribution < -0.4 is 147 Å². The number of rotatable bonds is 4. The maximum Gasteiger partial charge on any atom is 0.164 e. The van der Waals surface area contributed by atoms with Gasteiger partial charge in [-0.05, 0) is 43.4 Å². The Morgan fingerprint density at radius 3 is 0.816 bits per heavy atom. The van der Waals surface area contributed by atoms with Crippen molar-refractivity contribution in [2.45, 2.75) is 0 Å². The van der Waals surface area contributed by atoms with Crippen molar-refractivity contribution in [3.05, 3.63) is 0 Å². The summed E-state index contributed by atoms with van der Waals surface area (Å²) >= 11 is 0. The van der Waals surface area contributed by atoms with Gasteiger partial charge in [-0.1, -0.05) is 87.4 Å². The van der Waals surface area contributed by atoms with Crippen molar-refractivity contribution in [3.63, 3.8) is 0 Å². The zero-order valence-electron chi connectivity index (χ0n) is 39.8. The van der Waals surface area contributed by atoms with E-state index in [1.54, 1.807) is 0 Å². The van der Waals surface area contributed by atoms with Crippen molar-refractivity contribution < 1.29 is 4.42 Å². The monoisotopic (exact) mass is 895 g/mol. The van der Waals surface area contributed by atoms with E-state index in [2.05, 4.69) is 0 Å². The van der Waals surface area contributed by atoms with E-state index in [0.29, 0.717) is 0 Å². The van der Waals surface area contributed by atoms with Crippen LogP contribution >= 0.6 is 0 Å². The summed E-state index contributed by atoms with van der Waals surface area (Å²) in [5.41, 5.74) is -5.12. The van der Waals surface area contributed by atoms with Gasteiger partial charge in [0.05, 0.1) is 0 Å². The van der Waals surface area contributed by atoms with Crippen molar-refractivity contribution in [1.82, 2.24) is 15.0 Å². The van der Waals surface area contributed by atoms with Gasteiger partial charge in [0, 0.05) is 27.5 Å². The van der Waals surface area contributed by atoms with Gasteiger partial charge in [-0.15, -0.1) is 60.1 Å². The van der Waals surface area contributed by atoms with Gasteiger partial charge in [0.1, 0.15) is 223 Å². The van der Waals surface area contributed by atoms with Crippen LogP contribution in [0.4, 0.5) is 0 Å². The highest BCUT2D eigenvalue weighted by Crippen LogP contribution is 2.35. The van der Waals surface area contributed by atoms with Crippen molar-refractivity contribution in [3.8, 4) is 45.3 Å². The van der Waals surface area contributed by atoms with Crippen LogP contribution in [-0.4, -0.2) is 227 Å². The normalized spacial score (nSPS) is 11.8. The molecular formula is C45B27N3O. The number of aromatic nitrogens is 3. The molecule has 0 aliphatic carbocycles. The molecule has 8 aromatic carbocycles. The van der Waals surface area contributed by atoms with Crippen LogP contribution in [0.1, 0.15) is 0 Å². The molecule has 0 aliphatic heterocycles. The quantitative estimate of drug-likeness (QED) is 0.130. The fraction of sp³-hybridized carbons (Fsp3) is 0. The third-order valence-electron chi connectivity index (χ3n) is 14.2. The lowest BCUT2D eigenvalue weighted by Gasteiger charge is -2.31. The van der Waals surface area contributed by atoms with E-state index in [-0.39, 0.29) is 247 Å². The Labute approximate surface area is 475 Å². The molecule has 0 aliphatic rings. The van der Waals surface area contributed by atoms with Crippen LogP contribution in [-0.2, 0) is 0 Å². The lowest BCUT2D eigenvalue weighted by atomic mass is 9.56. The summed E-state index contributed by atoms with van der Waals surface area (Å²) in [5, 5.41) is 0.330. The van der Waals surface area contributed by atoms with Crippen molar-refractivity contribution >= 4 is 414 Å². The van der Waals surface area contributed by atoms with Gasteiger partial charge in [-0.2, -0.15) is 0 Å². The molecule has 0 N–H and O–H groups in total. The lowest BCUT2D eigenvalue weighted by molar-refractivity contribution is 0.675. The second-order valence-electron chi connectivity index (χ2n) is 18.1. The van der Waals surface area contributed by atoms with E-state index >= 15 is 0 Å². The lowest BCUT2D eigenvalue weighted by Crippen LogP contribution is -2.55. The number of hydrogen-bond acceptors (Lipinski definition) is 4. The number of benzene rings is 8. The summed E-state index contributed by atoms with van der Waals surface area (Å²) in [6, 6.07) is 0. The first-order valence-electron chi connectivity index (χ1n) is 22.0. The maximum absolute atomic E-state index is 7.03. The molecule has 31 heteroatoms. The highest BCUT2D eigenvalue weighted by molar-refractivity contribution is 6.77. The van der Waals surface area contributed by atoms with Crippen LogP contribution in [0.3, 0.4) is 0 Å². The predicted octanol–water partition coefficient (Wildman–Crippen LogP) is -20.7. The summed E-state index contributed by atoms with van der Waals surface area (Å²) in [6.07, 6.45) is 0. The molecule has 2 heterocycles. The van der Waals surface area contributed by atoms with Gasteiger partial charge in [-0.3, -0.25) is 0 Å². The molecule has 0 atom stereocenters. The topological polar surface area (TPSA) is 51.8 Å². The number of furan rings is 1. The molecule has 54 radical (unpaired) electrons. The van der Waals surface area contributed by atoms with Gasteiger partial charge in [0.15, 0.2) is 17.5 Å². The van der Waals surface area contributed by atoms with Crippen molar-refractivity contribution in [1.29, 1.82) is 0 Å². The molecule has 0 amide bonds. The summed E-state index contributed by atoms with van der Waals surface area (Å²) in [5.74, 6) is -1.02. The summed E-state index contributed by atoms with van der Waals surface area (Å²) in [4.78, 5) is 14.7. The second kappa shape index (κ2) is 18.6. The van der Waals surface area contributed by atoms with Crippen molar-refractivity contribution in [2.24, 2.45) is 0 Å². The molecule has 10 rings (SSSR count). The Kier molecular flexibility index (Phi) is 13.3. The molecule has 282 valence electrons. The van der Waals surface area contributed by atoms with E-state index in [1.165, 1.54) is 0 Å². The van der Waals surface area contributed by atoms with Crippen LogP contribution in [0.2, 0.25) is 0 Å². The molecule has 0 spiro atoms. The minimum Gasteiger partial charge on any atom is -0.457 e. The molecule has 0 unspecified atom stereocenters. The predicted molar refractivity (Wildman–Crippen MR) is 347 cm³/mol. The summed E-state index contributed by atoms with van der Waals surface area (Å²) in [6.45, 7) is 0.